The first-order valence-electron chi connectivity index (χ1n) is 4.87. The summed E-state index contributed by atoms with van der Waals surface area (Å²) >= 11 is 9.20. The van der Waals surface area contributed by atoms with E-state index in [1.807, 2.05) is 0 Å². The molecule has 1 heterocycles. The van der Waals surface area contributed by atoms with Gasteiger partial charge in [0.15, 0.2) is 5.82 Å². The summed E-state index contributed by atoms with van der Waals surface area (Å²) in [6.07, 6.45) is 0. The van der Waals surface area contributed by atoms with E-state index in [2.05, 4.69) is 31.5 Å². The normalized spacial score (nSPS) is 12.4. The summed E-state index contributed by atoms with van der Waals surface area (Å²) in [5, 5.41) is 21.4. The second-order valence-corrected chi connectivity index (χ2v) is 4.97. The van der Waals surface area contributed by atoms with Crippen LogP contribution in [0.5, 0.6) is 0 Å². The van der Waals surface area contributed by atoms with Crippen molar-refractivity contribution in [3.05, 3.63) is 38.6 Å². The van der Waals surface area contributed by atoms with Gasteiger partial charge in [0, 0.05) is 12.1 Å². The maximum atomic E-state index is 10.6. The van der Waals surface area contributed by atoms with E-state index in [1.54, 1.807) is 13.0 Å². The molecule has 1 aromatic heterocycles. The minimum atomic E-state index is -0.473. The quantitative estimate of drug-likeness (QED) is 0.490. The van der Waals surface area contributed by atoms with E-state index < -0.39 is 4.92 Å². The van der Waals surface area contributed by atoms with Gasteiger partial charge in [0.25, 0.3) is 5.69 Å². The van der Waals surface area contributed by atoms with Crippen molar-refractivity contribution in [1.29, 1.82) is 0 Å². The van der Waals surface area contributed by atoms with E-state index in [9.17, 15) is 10.1 Å². The number of tetrazole rings is 1. The van der Waals surface area contributed by atoms with Gasteiger partial charge in [0.2, 0.25) is 0 Å². The SMILES string of the molecule is CC(Cl)c1nnnn1-c1ccc([N+](=O)[O-])cc1Br. The molecule has 0 aliphatic heterocycles. The summed E-state index contributed by atoms with van der Waals surface area (Å²) in [4.78, 5) is 10.2. The minimum absolute atomic E-state index is 0.0147. The summed E-state index contributed by atoms with van der Waals surface area (Å²) in [5.41, 5.74) is 0.576. The molecule has 0 amide bonds. The number of halogens is 2. The van der Waals surface area contributed by atoms with Crippen molar-refractivity contribution in [1.82, 2.24) is 20.2 Å². The zero-order valence-corrected chi connectivity index (χ0v) is 11.5. The number of hydrogen-bond donors (Lipinski definition) is 0. The van der Waals surface area contributed by atoms with Crippen LogP contribution >= 0.6 is 27.5 Å². The van der Waals surface area contributed by atoms with Crippen molar-refractivity contribution in [2.45, 2.75) is 12.3 Å². The number of alkyl halides is 1. The predicted octanol–water partition coefficient (Wildman–Crippen LogP) is 2.63. The molecule has 94 valence electrons. The van der Waals surface area contributed by atoms with E-state index in [0.717, 1.165) is 0 Å². The van der Waals surface area contributed by atoms with Gasteiger partial charge in [0.1, 0.15) is 0 Å². The first-order chi connectivity index (χ1) is 8.50. The Kier molecular flexibility index (Phi) is 3.58. The Morgan fingerprint density at radius 2 is 2.28 bits per heavy atom. The monoisotopic (exact) mass is 331 g/mol. The number of non-ortho nitro benzene ring substituents is 1. The Hall–Kier alpha value is -1.54. The third kappa shape index (κ3) is 2.34. The second kappa shape index (κ2) is 4.99. The number of nitrogens with zero attached hydrogens (tertiary/aromatic N) is 5. The van der Waals surface area contributed by atoms with E-state index in [-0.39, 0.29) is 11.1 Å². The molecule has 0 N–H and O–H groups in total. The number of nitro groups is 1. The summed E-state index contributed by atoms with van der Waals surface area (Å²) in [7, 11) is 0. The molecule has 1 unspecified atom stereocenters. The number of benzene rings is 1. The molecule has 0 saturated heterocycles. The van der Waals surface area contributed by atoms with Crippen molar-refractivity contribution in [3.63, 3.8) is 0 Å². The van der Waals surface area contributed by atoms with Crippen LogP contribution in [0, 0.1) is 10.1 Å². The number of aromatic nitrogens is 4. The molecule has 18 heavy (non-hydrogen) atoms. The van der Waals surface area contributed by atoms with Crippen LogP contribution in [-0.2, 0) is 0 Å². The average Bonchev–Trinajstić information content (AvgIpc) is 2.77. The van der Waals surface area contributed by atoms with Gasteiger partial charge in [-0.25, -0.2) is 0 Å². The Balaban J connectivity index is 2.51. The fourth-order valence-electron chi connectivity index (χ4n) is 1.39. The van der Waals surface area contributed by atoms with Crippen LogP contribution in [-0.4, -0.2) is 25.1 Å². The fourth-order valence-corrected chi connectivity index (χ4v) is 2.07. The molecule has 0 spiro atoms. The third-order valence-electron chi connectivity index (χ3n) is 2.22. The Morgan fingerprint density at radius 1 is 1.56 bits per heavy atom. The van der Waals surface area contributed by atoms with E-state index in [0.29, 0.717) is 16.0 Å². The highest BCUT2D eigenvalue weighted by Gasteiger charge is 2.17. The lowest BCUT2D eigenvalue weighted by Crippen LogP contribution is -2.04. The van der Waals surface area contributed by atoms with E-state index in [4.69, 9.17) is 11.6 Å². The third-order valence-corrected chi connectivity index (χ3v) is 3.05. The van der Waals surface area contributed by atoms with Crippen molar-refractivity contribution in [2.24, 2.45) is 0 Å². The van der Waals surface area contributed by atoms with Gasteiger partial charge in [-0.15, -0.1) is 16.7 Å². The molecule has 0 aliphatic carbocycles. The zero-order valence-electron chi connectivity index (χ0n) is 9.12. The molecular weight excluding hydrogens is 325 g/mol. The number of rotatable bonds is 3. The van der Waals surface area contributed by atoms with Crippen molar-refractivity contribution < 1.29 is 4.92 Å². The van der Waals surface area contributed by atoms with Crippen molar-refractivity contribution >= 4 is 33.2 Å². The largest absolute Gasteiger partial charge is 0.270 e. The molecule has 1 aromatic carbocycles. The molecule has 0 saturated carbocycles. The highest BCUT2D eigenvalue weighted by Crippen LogP contribution is 2.28. The van der Waals surface area contributed by atoms with Crippen LogP contribution in [0.15, 0.2) is 22.7 Å². The lowest BCUT2D eigenvalue weighted by molar-refractivity contribution is -0.384. The lowest BCUT2D eigenvalue weighted by atomic mass is 10.3. The smallest absolute Gasteiger partial charge is 0.258 e. The van der Waals surface area contributed by atoms with Gasteiger partial charge in [-0.05, 0) is 39.3 Å². The van der Waals surface area contributed by atoms with E-state index in [1.165, 1.54) is 16.8 Å². The summed E-state index contributed by atoms with van der Waals surface area (Å²) in [5.74, 6) is 0.464. The van der Waals surface area contributed by atoms with Gasteiger partial charge in [-0.2, -0.15) is 4.68 Å². The Morgan fingerprint density at radius 3 is 2.83 bits per heavy atom. The van der Waals surface area contributed by atoms with Crippen LogP contribution < -0.4 is 0 Å². The van der Waals surface area contributed by atoms with Crippen LogP contribution in [0.3, 0.4) is 0 Å². The van der Waals surface area contributed by atoms with Gasteiger partial charge in [-0.1, -0.05) is 0 Å². The fraction of sp³-hybridized carbons (Fsp3) is 0.222. The van der Waals surface area contributed by atoms with Gasteiger partial charge in [0.05, 0.1) is 20.5 Å². The minimum Gasteiger partial charge on any atom is -0.258 e. The molecular formula is C9H7BrClN5O2. The molecule has 0 radical (unpaired) electrons. The first kappa shape index (κ1) is 12.9. The maximum Gasteiger partial charge on any atom is 0.270 e. The molecule has 7 nitrogen and oxygen atoms in total. The molecule has 2 aromatic rings. The number of hydrogen-bond acceptors (Lipinski definition) is 5. The molecule has 0 fully saturated rings. The number of nitro benzene ring substituents is 1. The molecule has 0 aliphatic rings. The molecule has 1 atom stereocenters. The first-order valence-corrected chi connectivity index (χ1v) is 6.10. The standard InChI is InChI=1S/C9H7BrClN5O2/c1-5(11)9-12-13-14-15(9)8-3-2-6(16(17)18)4-7(8)10/h2-5H,1H3. The Bertz CT molecular complexity index is 600. The highest BCUT2D eigenvalue weighted by atomic mass is 79.9. The maximum absolute atomic E-state index is 10.6. The van der Waals surface area contributed by atoms with Crippen LogP contribution in [0.2, 0.25) is 0 Å². The predicted molar refractivity (Wildman–Crippen MR) is 67.8 cm³/mol. The zero-order chi connectivity index (χ0) is 13.3. The lowest BCUT2D eigenvalue weighted by Gasteiger charge is -2.07. The van der Waals surface area contributed by atoms with Gasteiger partial charge in [-0.3, -0.25) is 10.1 Å². The van der Waals surface area contributed by atoms with Gasteiger partial charge >= 0.3 is 0 Å². The topological polar surface area (TPSA) is 86.7 Å². The molecule has 0 bridgehead atoms. The second-order valence-electron chi connectivity index (χ2n) is 3.46. The average molecular weight is 333 g/mol. The van der Waals surface area contributed by atoms with Crippen molar-refractivity contribution in [2.75, 3.05) is 0 Å². The summed E-state index contributed by atoms with van der Waals surface area (Å²) in [6.45, 7) is 1.74. The summed E-state index contributed by atoms with van der Waals surface area (Å²) < 4.78 is 1.95. The Labute approximate surface area is 115 Å². The van der Waals surface area contributed by atoms with E-state index >= 15 is 0 Å². The van der Waals surface area contributed by atoms with Crippen molar-refractivity contribution in [3.8, 4) is 5.69 Å². The van der Waals surface area contributed by atoms with Crippen LogP contribution in [0.4, 0.5) is 5.69 Å². The summed E-state index contributed by atoms with van der Waals surface area (Å²) in [6, 6.07) is 4.32. The molecule has 9 heteroatoms. The highest BCUT2D eigenvalue weighted by molar-refractivity contribution is 9.10. The van der Waals surface area contributed by atoms with Gasteiger partial charge < -0.3 is 0 Å². The van der Waals surface area contributed by atoms with Crippen LogP contribution in [0.1, 0.15) is 18.1 Å². The van der Waals surface area contributed by atoms with Crippen LogP contribution in [0.25, 0.3) is 5.69 Å². The molecule has 2 rings (SSSR count).